The molecule has 7 heteroatoms. The molecule has 2 aromatic carbocycles. The van der Waals surface area contributed by atoms with Crippen molar-refractivity contribution in [3.63, 3.8) is 0 Å². The van der Waals surface area contributed by atoms with E-state index in [1.165, 1.54) is 4.90 Å². The molecule has 0 bridgehead atoms. The van der Waals surface area contributed by atoms with Crippen molar-refractivity contribution in [1.82, 2.24) is 4.57 Å². The molecular formula is C22H16Cl2N2O2S. The van der Waals surface area contributed by atoms with Crippen LogP contribution in [0.15, 0.2) is 59.5 Å². The summed E-state index contributed by atoms with van der Waals surface area (Å²) in [6.45, 7) is 3.90. The number of imide groups is 1. The van der Waals surface area contributed by atoms with E-state index in [9.17, 15) is 9.59 Å². The molecule has 2 amide bonds. The number of hydrogen-bond donors (Lipinski definition) is 0. The molecule has 0 radical (unpaired) electrons. The molecule has 3 aromatic rings. The quantitative estimate of drug-likeness (QED) is 0.426. The molecular weight excluding hydrogens is 427 g/mol. The standard InChI is InChI=1S/C22H16Cl2N2O2S/c1-13-11-15(14(2)25(13)18-10-6-9-17(23)20(18)24)12-19-21(27)26(22(28)29-19)16-7-4-3-5-8-16/h3-12H,1-2H3/b19-12+. The number of anilines is 1. The minimum absolute atomic E-state index is 0.306. The smallest absolute Gasteiger partial charge is 0.298 e. The highest BCUT2D eigenvalue weighted by atomic mass is 35.5. The van der Waals surface area contributed by atoms with Crippen LogP contribution < -0.4 is 4.90 Å². The van der Waals surface area contributed by atoms with Crippen LogP contribution in [0.1, 0.15) is 17.0 Å². The van der Waals surface area contributed by atoms with Gasteiger partial charge in [-0.3, -0.25) is 9.59 Å². The monoisotopic (exact) mass is 442 g/mol. The number of amides is 2. The van der Waals surface area contributed by atoms with Gasteiger partial charge in [0.25, 0.3) is 11.1 Å². The van der Waals surface area contributed by atoms with Gasteiger partial charge in [0, 0.05) is 11.4 Å². The Bertz CT molecular complexity index is 1170. The lowest BCUT2D eigenvalue weighted by Crippen LogP contribution is -2.27. The van der Waals surface area contributed by atoms with Crippen LogP contribution in [0.4, 0.5) is 10.5 Å². The van der Waals surface area contributed by atoms with E-state index in [4.69, 9.17) is 23.2 Å². The lowest BCUT2D eigenvalue weighted by molar-refractivity contribution is -0.113. The van der Waals surface area contributed by atoms with Gasteiger partial charge in [-0.2, -0.15) is 0 Å². The van der Waals surface area contributed by atoms with E-state index in [2.05, 4.69) is 0 Å². The van der Waals surface area contributed by atoms with Crippen LogP contribution in [0, 0.1) is 13.8 Å². The zero-order chi connectivity index (χ0) is 20.7. The zero-order valence-electron chi connectivity index (χ0n) is 15.6. The lowest BCUT2D eigenvalue weighted by Gasteiger charge is -2.12. The van der Waals surface area contributed by atoms with Crippen LogP contribution >= 0.6 is 35.0 Å². The van der Waals surface area contributed by atoms with Crippen LogP contribution in [-0.2, 0) is 4.79 Å². The summed E-state index contributed by atoms with van der Waals surface area (Å²) in [5.41, 5.74) is 4.02. The maximum absolute atomic E-state index is 12.9. The predicted molar refractivity (Wildman–Crippen MR) is 120 cm³/mol. The van der Waals surface area contributed by atoms with Gasteiger partial charge in [-0.05, 0) is 67.6 Å². The van der Waals surface area contributed by atoms with Crippen molar-refractivity contribution in [1.29, 1.82) is 0 Å². The normalized spacial score (nSPS) is 15.6. The van der Waals surface area contributed by atoms with Crippen LogP contribution in [-0.4, -0.2) is 15.7 Å². The third-order valence-corrected chi connectivity index (χ3v) is 6.42. The van der Waals surface area contributed by atoms with Crippen molar-refractivity contribution in [3.05, 3.63) is 86.5 Å². The molecule has 1 saturated heterocycles. The van der Waals surface area contributed by atoms with Crippen molar-refractivity contribution in [2.24, 2.45) is 0 Å². The first-order chi connectivity index (χ1) is 13.9. The number of carbonyl (C=O) groups excluding carboxylic acids is 2. The minimum atomic E-state index is -0.322. The van der Waals surface area contributed by atoms with Gasteiger partial charge in [-0.1, -0.05) is 47.5 Å². The van der Waals surface area contributed by atoms with Gasteiger partial charge < -0.3 is 4.57 Å². The number of hydrogen-bond acceptors (Lipinski definition) is 3. The highest BCUT2D eigenvalue weighted by Gasteiger charge is 2.36. The summed E-state index contributed by atoms with van der Waals surface area (Å²) in [5, 5.41) is 0.633. The largest absolute Gasteiger partial charge is 0.316 e. The molecule has 1 aromatic heterocycles. The van der Waals surface area contributed by atoms with Gasteiger partial charge in [-0.15, -0.1) is 0 Å². The number of rotatable bonds is 3. The molecule has 4 rings (SSSR count). The number of thioether (sulfide) groups is 1. The summed E-state index contributed by atoms with van der Waals surface area (Å²) < 4.78 is 1.99. The van der Waals surface area contributed by atoms with E-state index in [0.717, 1.165) is 34.4 Å². The van der Waals surface area contributed by atoms with Crippen molar-refractivity contribution in [2.45, 2.75) is 13.8 Å². The van der Waals surface area contributed by atoms with Crippen molar-refractivity contribution in [2.75, 3.05) is 4.90 Å². The number of para-hydroxylation sites is 1. The summed E-state index contributed by atoms with van der Waals surface area (Å²) in [7, 11) is 0. The fourth-order valence-electron chi connectivity index (χ4n) is 3.38. The highest BCUT2D eigenvalue weighted by molar-refractivity contribution is 8.19. The van der Waals surface area contributed by atoms with Crippen LogP contribution in [0.5, 0.6) is 0 Å². The number of carbonyl (C=O) groups is 2. The van der Waals surface area contributed by atoms with E-state index < -0.39 is 0 Å². The summed E-state index contributed by atoms with van der Waals surface area (Å²) in [5.74, 6) is -0.322. The number of nitrogens with zero attached hydrogens (tertiary/aromatic N) is 2. The van der Waals surface area contributed by atoms with E-state index >= 15 is 0 Å². The Morgan fingerprint density at radius 2 is 1.69 bits per heavy atom. The maximum Gasteiger partial charge on any atom is 0.298 e. The van der Waals surface area contributed by atoms with E-state index in [1.54, 1.807) is 36.4 Å². The maximum atomic E-state index is 12.9. The summed E-state index contributed by atoms with van der Waals surface area (Å²) >= 11 is 13.5. The molecule has 0 atom stereocenters. The molecule has 0 spiro atoms. The molecule has 0 unspecified atom stereocenters. The Morgan fingerprint density at radius 3 is 2.41 bits per heavy atom. The third-order valence-electron chi connectivity index (χ3n) is 4.74. The Labute approximate surface area is 182 Å². The lowest BCUT2D eigenvalue weighted by atomic mass is 10.2. The molecule has 4 nitrogen and oxygen atoms in total. The van der Waals surface area contributed by atoms with Crippen molar-refractivity contribution < 1.29 is 9.59 Å². The van der Waals surface area contributed by atoms with Crippen LogP contribution in [0.2, 0.25) is 10.0 Å². The van der Waals surface area contributed by atoms with Gasteiger partial charge >= 0.3 is 0 Å². The zero-order valence-corrected chi connectivity index (χ0v) is 18.0. The number of aryl methyl sites for hydroxylation is 1. The van der Waals surface area contributed by atoms with Gasteiger partial charge in [0.2, 0.25) is 0 Å². The molecule has 0 saturated carbocycles. The van der Waals surface area contributed by atoms with Gasteiger partial charge in [0.05, 0.1) is 26.3 Å². The molecule has 0 N–H and O–H groups in total. The molecule has 29 heavy (non-hydrogen) atoms. The van der Waals surface area contributed by atoms with E-state index in [-0.39, 0.29) is 11.1 Å². The fraction of sp³-hybridized carbons (Fsp3) is 0.0909. The first-order valence-electron chi connectivity index (χ1n) is 8.85. The summed E-state index contributed by atoms with van der Waals surface area (Å²) in [6.07, 6.45) is 1.76. The molecule has 1 aliphatic heterocycles. The molecule has 1 fully saturated rings. The Kier molecular flexibility index (Phi) is 5.30. The average molecular weight is 443 g/mol. The Morgan fingerprint density at radius 1 is 0.966 bits per heavy atom. The molecule has 2 heterocycles. The molecule has 1 aliphatic rings. The molecule has 146 valence electrons. The first kappa shape index (κ1) is 19.8. The SMILES string of the molecule is Cc1cc(/C=C2/SC(=O)N(c3ccccc3)C2=O)c(C)n1-c1cccc(Cl)c1Cl. The summed E-state index contributed by atoms with van der Waals surface area (Å²) in [4.78, 5) is 26.9. The second-order valence-electron chi connectivity index (χ2n) is 6.59. The van der Waals surface area contributed by atoms with Crippen LogP contribution in [0.25, 0.3) is 11.8 Å². The van der Waals surface area contributed by atoms with Gasteiger partial charge in [0.1, 0.15) is 0 Å². The second-order valence-corrected chi connectivity index (χ2v) is 8.37. The highest BCUT2D eigenvalue weighted by Crippen LogP contribution is 2.37. The summed E-state index contributed by atoms with van der Waals surface area (Å²) in [6, 6.07) is 16.3. The Balaban J connectivity index is 1.74. The van der Waals surface area contributed by atoms with E-state index in [0.29, 0.717) is 20.6 Å². The van der Waals surface area contributed by atoms with Crippen molar-refractivity contribution in [3.8, 4) is 5.69 Å². The average Bonchev–Trinajstić information content (AvgIpc) is 3.13. The number of benzene rings is 2. The van der Waals surface area contributed by atoms with Gasteiger partial charge in [-0.25, -0.2) is 4.90 Å². The third kappa shape index (κ3) is 3.50. The van der Waals surface area contributed by atoms with Gasteiger partial charge in [0.15, 0.2) is 0 Å². The predicted octanol–water partition coefficient (Wildman–Crippen LogP) is 6.64. The number of halogens is 2. The van der Waals surface area contributed by atoms with E-state index in [1.807, 2.05) is 42.7 Å². The first-order valence-corrected chi connectivity index (χ1v) is 10.4. The Hall–Kier alpha value is -2.47. The molecule has 0 aliphatic carbocycles. The number of aromatic nitrogens is 1. The van der Waals surface area contributed by atoms with Crippen molar-refractivity contribution >= 4 is 57.9 Å². The second kappa shape index (κ2) is 7.75. The topological polar surface area (TPSA) is 42.3 Å². The fourth-order valence-corrected chi connectivity index (χ4v) is 4.59. The van der Waals surface area contributed by atoms with Crippen LogP contribution in [0.3, 0.4) is 0 Å². The minimum Gasteiger partial charge on any atom is -0.316 e.